The number of amides is 1. The number of rotatable bonds is 6. The molecule has 0 unspecified atom stereocenters. The number of carbonyl (C=O) groups is 3. The zero-order valence-corrected chi connectivity index (χ0v) is 23.1. The van der Waals surface area contributed by atoms with Crippen LogP contribution in [0.25, 0.3) is 6.08 Å². The third-order valence-electron chi connectivity index (χ3n) is 8.87. The van der Waals surface area contributed by atoms with Gasteiger partial charge < -0.3 is 19.7 Å². The summed E-state index contributed by atoms with van der Waals surface area (Å²) in [5.74, 6) is -0.624. The van der Waals surface area contributed by atoms with Crippen molar-refractivity contribution >= 4 is 29.2 Å². The molecule has 3 aliphatic heterocycles. The molecular formula is C35H28N2O5. The predicted octanol–water partition coefficient (Wildman–Crippen LogP) is 5.69. The largest absolute Gasteiger partial charge is 0.497 e. The SMILES string of the molecule is COc1ccc(C(=O)[C@@H]2[C@H](C(=O)c3ccc(OC)cc3)[C@]3(C(=O)Nc4ccccc43)[C@H]3c4ccccc4C=CN23)cc1. The molecule has 1 saturated heterocycles. The first-order valence-electron chi connectivity index (χ1n) is 13.8. The number of anilines is 1. The quantitative estimate of drug-likeness (QED) is 0.308. The number of ketones is 2. The molecule has 3 heterocycles. The number of Topliss-reactive ketones (excluding diaryl/α,β-unsaturated/α-hetero) is 2. The van der Waals surface area contributed by atoms with Crippen molar-refractivity contribution in [2.45, 2.75) is 17.5 Å². The molecule has 1 spiro atoms. The van der Waals surface area contributed by atoms with Gasteiger partial charge in [0.05, 0.1) is 26.2 Å². The Morgan fingerprint density at radius 2 is 1.36 bits per heavy atom. The average molecular weight is 557 g/mol. The van der Waals surface area contributed by atoms with Crippen molar-refractivity contribution in [3.05, 3.63) is 131 Å². The average Bonchev–Trinajstić information content (AvgIpc) is 3.52. The highest BCUT2D eigenvalue weighted by atomic mass is 16.5. The molecule has 1 fully saturated rings. The smallest absolute Gasteiger partial charge is 0.238 e. The summed E-state index contributed by atoms with van der Waals surface area (Å²) in [4.78, 5) is 45.8. The number of ether oxygens (including phenoxy) is 2. The van der Waals surface area contributed by atoms with Crippen molar-refractivity contribution in [2.75, 3.05) is 19.5 Å². The van der Waals surface area contributed by atoms with E-state index in [1.807, 2.05) is 65.7 Å². The normalized spacial score (nSPS) is 23.1. The fraction of sp³-hybridized carbons (Fsp3) is 0.171. The minimum absolute atomic E-state index is 0.243. The van der Waals surface area contributed by atoms with Gasteiger partial charge in [-0.05, 0) is 77.4 Å². The number of nitrogens with one attached hydrogen (secondary N) is 1. The van der Waals surface area contributed by atoms with E-state index in [1.165, 1.54) is 0 Å². The lowest BCUT2D eigenvalue weighted by Crippen LogP contribution is -2.49. The lowest BCUT2D eigenvalue weighted by Gasteiger charge is -2.38. The van der Waals surface area contributed by atoms with Gasteiger partial charge in [-0.3, -0.25) is 14.4 Å². The maximum absolute atomic E-state index is 14.8. The lowest BCUT2D eigenvalue weighted by atomic mass is 9.62. The van der Waals surface area contributed by atoms with Gasteiger partial charge in [0.1, 0.15) is 23.0 Å². The van der Waals surface area contributed by atoms with Crippen LogP contribution in [-0.2, 0) is 10.2 Å². The molecule has 7 heteroatoms. The molecule has 0 bridgehead atoms. The Morgan fingerprint density at radius 1 is 0.762 bits per heavy atom. The zero-order chi connectivity index (χ0) is 29.0. The summed E-state index contributed by atoms with van der Waals surface area (Å²) >= 11 is 0. The number of hydrogen-bond donors (Lipinski definition) is 1. The van der Waals surface area contributed by atoms with E-state index in [2.05, 4.69) is 5.32 Å². The van der Waals surface area contributed by atoms with Crippen LogP contribution in [-0.4, -0.2) is 42.6 Å². The maximum Gasteiger partial charge on any atom is 0.238 e. The Bertz CT molecular complexity index is 1760. The molecule has 0 aromatic heterocycles. The van der Waals surface area contributed by atoms with Crippen LogP contribution >= 0.6 is 0 Å². The van der Waals surface area contributed by atoms with Gasteiger partial charge in [0, 0.05) is 23.0 Å². The van der Waals surface area contributed by atoms with Crippen LogP contribution in [0.4, 0.5) is 5.69 Å². The third kappa shape index (κ3) is 3.56. The molecule has 42 heavy (non-hydrogen) atoms. The highest BCUT2D eigenvalue weighted by molar-refractivity contribution is 6.16. The molecule has 208 valence electrons. The molecule has 4 aromatic rings. The van der Waals surface area contributed by atoms with Crippen molar-refractivity contribution in [3.63, 3.8) is 0 Å². The van der Waals surface area contributed by atoms with E-state index in [4.69, 9.17) is 9.47 Å². The van der Waals surface area contributed by atoms with Crippen molar-refractivity contribution in [3.8, 4) is 11.5 Å². The van der Waals surface area contributed by atoms with Crippen molar-refractivity contribution < 1.29 is 23.9 Å². The molecule has 1 amide bonds. The number of methoxy groups -OCH3 is 2. The van der Waals surface area contributed by atoms with Crippen LogP contribution in [0.5, 0.6) is 11.5 Å². The van der Waals surface area contributed by atoms with Crippen molar-refractivity contribution in [1.82, 2.24) is 4.90 Å². The van der Waals surface area contributed by atoms with Crippen molar-refractivity contribution in [2.24, 2.45) is 5.92 Å². The molecule has 7 rings (SSSR count). The third-order valence-corrected chi connectivity index (χ3v) is 8.87. The summed E-state index contributed by atoms with van der Waals surface area (Å²) in [5, 5.41) is 3.07. The number of fused-ring (bicyclic) bond motifs is 6. The number of carbonyl (C=O) groups excluding carboxylic acids is 3. The molecule has 0 aliphatic carbocycles. The second-order valence-electron chi connectivity index (χ2n) is 10.8. The summed E-state index contributed by atoms with van der Waals surface area (Å²) < 4.78 is 10.6. The molecule has 1 N–H and O–H groups in total. The number of nitrogens with zero attached hydrogens (tertiary/aromatic N) is 1. The molecule has 4 aromatic carbocycles. The minimum atomic E-state index is -1.37. The van der Waals surface area contributed by atoms with Crippen LogP contribution in [0.1, 0.15) is 43.4 Å². The van der Waals surface area contributed by atoms with E-state index in [9.17, 15) is 14.4 Å². The molecule has 0 radical (unpaired) electrons. The van der Waals surface area contributed by atoms with Gasteiger partial charge in [0.15, 0.2) is 11.6 Å². The fourth-order valence-electron chi connectivity index (χ4n) is 7.03. The second-order valence-corrected chi connectivity index (χ2v) is 10.8. The first kappa shape index (κ1) is 25.8. The van der Waals surface area contributed by atoms with E-state index in [-0.39, 0.29) is 17.5 Å². The summed E-state index contributed by atoms with van der Waals surface area (Å²) in [6.07, 6.45) is 3.82. The summed E-state index contributed by atoms with van der Waals surface area (Å²) in [6.45, 7) is 0. The van der Waals surface area contributed by atoms with Crippen LogP contribution in [0.2, 0.25) is 0 Å². The van der Waals surface area contributed by atoms with Gasteiger partial charge in [0.25, 0.3) is 0 Å². The highest BCUT2D eigenvalue weighted by Crippen LogP contribution is 2.62. The van der Waals surface area contributed by atoms with E-state index in [1.54, 1.807) is 62.8 Å². The Labute approximate surface area is 243 Å². The highest BCUT2D eigenvalue weighted by Gasteiger charge is 2.70. The number of para-hydroxylation sites is 1. The van der Waals surface area contributed by atoms with Crippen molar-refractivity contribution in [1.29, 1.82) is 0 Å². The maximum atomic E-state index is 14.8. The Morgan fingerprint density at radius 3 is 2.02 bits per heavy atom. The van der Waals surface area contributed by atoms with Gasteiger partial charge in [-0.25, -0.2) is 0 Å². The van der Waals surface area contributed by atoms with Gasteiger partial charge in [-0.1, -0.05) is 42.5 Å². The minimum Gasteiger partial charge on any atom is -0.497 e. The van der Waals surface area contributed by atoms with E-state index in [0.717, 1.165) is 11.1 Å². The fourth-order valence-corrected chi connectivity index (χ4v) is 7.03. The predicted molar refractivity (Wildman–Crippen MR) is 159 cm³/mol. The van der Waals surface area contributed by atoms with Gasteiger partial charge in [-0.15, -0.1) is 0 Å². The summed E-state index contributed by atoms with van der Waals surface area (Å²) in [7, 11) is 3.13. The Balaban J connectivity index is 1.50. The first-order chi connectivity index (χ1) is 20.5. The summed E-state index contributed by atoms with van der Waals surface area (Å²) in [5.41, 5.74) is 2.67. The van der Waals surface area contributed by atoms with Crippen LogP contribution in [0.3, 0.4) is 0 Å². The standard InChI is InChI=1S/C35H28N2O5/c1-41-24-15-11-22(12-16-24)31(38)29-30(32(39)23-13-17-25(42-2)18-14-23)37-20-19-21-7-3-4-8-26(21)33(37)35(29)27-9-5-6-10-28(27)36-34(35)40/h3-20,29-30,33H,1-2H3,(H,36,40)/t29-,30+,33-,35+/m1/s1. The number of benzene rings is 4. The van der Waals surface area contributed by atoms with Crippen LogP contribution in [0, 0.1) is 5.92 Å². The van der Waals surface area contributed by atoms with E-state index < -0.39 is 23.4 Å². The molecule has 4 atom stereocenters. The van der Waals surface area contributed by atoms with E-state index in [0.29, 0.717) is 33.9 Å². The van der Waals surface area contributed by atoms with E-state index >= 15 is 0 Å². The molecule has 0 saturated carbocycles. The number of hydrogen-bond acceptors (Lipinski definition) is 6. The first-order valence-corrected chi connectivity index (χ1v) is 13.8. The molecule has 3 aliphatic rings. The Kier molecular flexibility index (Phi) is 5.97. The van der Waals surface area contributed by atoms with Gasteiger partial charge in [0.2, 0.25) is 5.91 Å². The molecule has 7 nitrogen and oxygen atoms in total. The second kappa shape index (κ2) is 9.73. The topological polar surface area (TPSA) is 84.9 Å². The summed E-state index contributed by atoms with van der Waals surface area (Å²) in [6, 6.07) is 27.5. The van der Waals surface area contributed by atoms with Gasteiger partial charge >= 0.3 is 0 Å². The lowest BCUT2D eigenvalue weighted by molar-refractivity contribution is -0.122. The monoisotopic (exact) mass is 556 g/mol. The Hall–Kier alpha value is -5.17. The zero-order valence-electron chi connectivity index (χ0n) is 23.1. The van der Waals surface area contributed by atoms with Gasteiger partial charge in [-0.2, -0.15) is 0 Å². The molecular weight excluding hydrogens is 528 g/mol. The van der Waals surface area contributed by atoms with Crippen LogP contribution < -0.4 is 14.8 Å². The van der Waals surface area contributed by atoms with Crippen LogP contribution in [0.15, 0.2) is 103 Å².